The van der Waals surface area contributed by atoms with Gasteiger partial charge in [-0.15, -0.1) is 0 Å². The van der Waals surface area contributed by atoms with Gasteiger partial charge in [-0.2, -0.15) is 0 Å². The number of hydrogen-bond donors (Lipinski definition) is 0. The third-order valence-electron chi connectivity index (χ3n) is 2.90. The predicted molar refractivity (Wildman–Crippen MR) is 64.9 cm³/mol. The average Bonchev–Trinajstić information content (AvgIpc) is 2.21. The summed E-state index contributed by atoms with van der Waals surface area (Å²) >= 11 is 3.19. The summed E-state index contributed by atoms with van der Waals surface area (Å²) in [4.78, 5) is 2.38. The van der Waals surface area contributed by atoms with E-state index in [0.29, 0.717) is 0 Å². The fourth-order valence-corrected chi connectivity index (χ4v) is 2.84. The Hall–Kier alpha value is -0.0705. The van der Waals surface area contributed by atoms with Crippen molar-refractivity contribution in [3.05, 3.63) is 11.6 Å². The van der Waals surface area contributed by atoms with E-state index in [1.165, 1.54) is 36.6 Å². The normalized spacial score (nSPS) is 16.6. The van der Waals surface area contributed by atoms with E-state index in [2.05, 4.69) is 40.4 Å². The van der Waals surface area contributed by atoms with Gasteiger partial charge in [0.05, 0.1) is 0 Å². The van der Waals surface area contributed by atoms with Gasteiger partial charge in [0.2, 0.25) is 0 Å². The third kappa shape index (κ3) is 3.59. The summed E-state index contributed by atoms with van der Waals surface area (Å²) in [6, 6.07) is 0. The van der Waals surface area contributed by atoms with Crippen LogP contribution in [0, 0.1) is 0 Å². The monoisotopic (exact) mass is 259 g/mol. The molecule has 0 bridgehead atoms. The van der Waals surface area contributed by atoms with Crippen LogP contribution in [0.2, 0.25) is 0 Å². The molecule has 14 heavy (non-hydrogen) atoms. The fourth-order valence-electron chi connectivity index (χ4n) is 1.95. The minimum atomic E-state index is 1.10. The van der Waals surface area contributed by atoms with Crippen molar-refractivity contribution >= 4 is 20.1 Å². The van der Waals surface area contributed by atoms with Crippen molar-refractivity contribution in [1.29, 1.82) is 0 Å². The molecule has 0 spiro atoms. The number of rotatable bonds is 4. The molecule has 1 rings (SSSR count). The molecule has 0 atom stereocenters. The Labute approximate surface area is 95.9 Å². The Morgan fingerprint density at radius 3 is 2.29 bits per heavy atom. The van der Waals surface area contributed by atoms with E-state index in [1.807, 2.05) is 0 Å². The van der Waals surface area contributed by atoms with E-state index in [0.717, 1.165) is 13.1 Å². The molecular weight excluding hydrogens is 237 g/mol. The zero-order valence-electron chi connectivity index (χ0n) is 9.38. The van der Waals surface area contributed by atoms with E-state index in [1.54, 1.807) is 5.57 Å². The average molecular weight is 258 g/mol. The first-order valence-corrected chi connectivity index (χ1v) is 6.62. The predicted octanol–water partition coefficient (Wildman–Crippen LogP) is 2.52. The Bertz CT molecular complexity index is 208. The number of nitrogens with zero attached hydrogens (tertiary/aromatic N) is 1. The van der Waals surface area contributed by atoms with E-state index < -0.39 is 0 Å². The fraction of sp³-hybridized carbons (Fsp3) is 0.750. The quantitative estimate of drug-likeness (QED) is 0.700. The molecular formula is C12H21NSe. The van der Waals surface area contributed by atoms with Crippen LogP contribution >= 0.6 is 0 Å². The van der Waals surface area contributed by atoms with Crippen molar-refractivity contribution in [2.24, 2.45) is 0 Å². The Kier molecular flexibility index (Phi) is 5.50. The molecule has 1 nitrogen and oxygen atoms in total. The molecule has 0 aromatic heterocycles. The minimum absolute atomic E-state index is 1.10. The van der Waals surface area contributed by atoms with Crippen LogP contribution in [0.1, 0.15) is 46.0 Å². The first kappa shape index (κ1) is 12.0. The van der Waals surface area contributed by atoms with Crippen molar-refractivity contribution < 1.29 is 0 Å². The zero-order valence-corrected chi connectivity index (χ0v) is 11.1. The standard InChI is InChI=1S/C12H21NSe/c1-3-13(4-2)12(14)10-11-8-6-5-7-9-11/h10H,3-9H2,1-2H3. The summed E-state index contributed by atoms with van der Waals surface area (Å²) < 4.78 is 1.33. The Morgan fingerprint density at radius 2 is 1.79 bits per heavy atom. The van der Waals surface area contributed by atoms with Gasteiger partial charge in [-0.1, -0.05) is 0 Å². The molecule has 2 heteroatoms. The van der Waals surface area contributed by atoms with Gasteiger partial charge in [0.25, 0.3) is 0 Å². The molecule has 0 aromatic rings. The van der Waals surface area contributed by atoms with Gasteiger partial charge in [-0.05, 0) is 0 Å². The van der Waals surface area contributed by atoms with Crippen LogP contribution < -0.4 is 0 Å². The van der Waals surface area contributed by atoms with Gasteiger partial charge >= 0.3 is 95.7 Å². The van der Waals surface area contributed by atoms with Gasteiger partial charge < -0.3 is 0 Å². The zero-order chi connectivity index (χ0) is 10.4. The molecule has 1 saturated carbocycles. The molecule has 0 amide bonds. The van der Waals surface area contributed by atoms with E-state index in [9.17, 15) is 0 Å². The van der Waals surface area contributed by atoms with Crippen molar-refractivity contribution in [1.82, 2.24) is 4.90 Å². The second-order valence-corrected chi connectivity index (χ2v) is 4.75. The van der Waals surface area contributed by atoms with Crippen LogP contribution in [0.4, 0.5) is 0 Å². The van der Waals surface area contributed by atoms with Gasteiger partial charge in [0, 0.05) is 0 Å². The number of allylic oxidation sites excluding steroid dienone is 1. The van der Waals surface area contributed by atoms with Gasteiger partial charge in [0.15, 0.2) is 0 Å². The summed E-state index contributed by atoms with van der Waals surface area (Å²) in [6.45, 7) is 6.62. The van der Waals surface area contributed by atoms with E-state index in [4.69, 9.17) is 0 Å². The summed E-state index contributed by atoms with van der Waals surface area (Å²) in [5.74, 6) is 0. The third-order valence-corrected chi connectivity index (χ3v) is 3.69. The molecule has 0 N–H and O–H groups in total. The van der Waals surface area contributed by atoms with Crippen LogP contribution in [0.5, 0.6) is 0 Å². The molecule has 0 aromatic carbocycles. The molecule has 0 unspecified atom stereocenters. The van der Waals surface area contributed by atoms with Crippen LogP contribution in [-0.2, 0) is 0 Å². The van der Waals surface area contributed by atoms with Crippen LogP contribution in [0.15, 0.2) is 11.6 Å². The SMILES string of the molecule is CCN(CC)C(=[Se])C=C1CCCCC1. The van der Waals surface area contributed by atoms with Crippen molar-refractivity contribution in [2.45, 2.75) is 46.0 Å². The van der Waals surface area contributed by atoms with E-state index >= 15 is 0 Å². The maximum absolute atomic E-state index is 3.19. The van der Waals surface area contributed by atoms with Crippen molar-refractivity contribution in [3.8, 4) is 0 Å². The molecule has 80 valence electrons. The van der Waals surface area contributed by atoms with Gasteiger partial charge in [-0.25, -0.2) is 0 Å². The second-order valence-electron chi connectivity index (χ2n) is 3.87. The Balaban J connectivity index is 2.51. The van der Waals surface area contributed by atoms with Crippen molar-refractivity contribution in [2.75, 3.05) is 13.1 Å². The molecule has 0 heterocycles. The molecule has 0 saturated heterocycles. The summed E-state index contributed by atoms with van der Waals surface area (Å²) in [6.07, 6.45) is 9.19. The molecule has 1 aliphatic carbocycles. The van der Waals surface area contributed by atoms with Gasteiger partial charge in [0.1, 0.15) is 0 Å². The second kappa shape index (κ2) is 6.42. The summed E-state index contributed by atoms with van der Waals surface area (Å²) in [7, 11) is 0. The summed E-state index contributed by atoms with van der Waals surface area (Å²) in [5, 5.41) is 0. The number of hydrogen-bond acceptors (Lipinski definition) is 1. The first-order chi connectivity index (χ1) is 6.77. The van der Waals surface area contributed by atoms with Crippen molar-refractivity contribution in [3.63, 3.8) is 0 Å². The molecule has 0 aliphatic heterocycles. The first-order valence-electron chi connectivity index (χ1n) is 5.76. The number of likely N-dealkylation sites (N-methyl/N-ethyl adjacent to an activating group) is 1. The Morgan fingerprint density at radius 1 is 1.21 bits per heavy atom. The van der Waals surface area contributed by atoms with E-state index in [-0.39, 0.29) is 0 Å². The van der Waals surface area contributed by atoms with Crippen LogP contribution in [0.25, 0.3) is 0 Å². The maximum atomic E-state index is 3.19. The van der Waals surface area contributed by atoms with Gasteiger partial charge in [-0.3, -0.25) is 0 Å². The summed E-state index contributed by atoms with van der Waals surface area (Å²) in [5.41, 5.74) is 1.64. The van der Waals surface area contributed by atoms with Crippen LogP contribution in [-0.4, -0.2) is 38.1 Å². The molecule has 1 aliphatic rings. The van der Waals surface area contributed by atoms with Crippen LogP contribution in [0.3, 0.4) is 0 Å². The molecule has 0 radical (unpaired) electrons. The topological polar surface area (TPSA) is 3.24 Å². The molecule has 1 fully saturated rings.